The van der Waals surface area contributed by atoms with Crippen molar-refractivity contribution in [3.8, 4) is 0 Å². The highest BCUT2D eigenvalue weighted by atomic mass is 32.1. The van der Waals surface area contributed by atoms with E-state index in [1.807, 2.05) is 25.4 Å². The second-order valence-electron chi connectivity index (χ2n) is 7.28. The Labute approximate surface area is 173 Å². The molecule has 4 rings (SSSR count). The fraction of sp³-hybridized carbons (Fsp3) is 0.174. The highest BCUT2D eigenvalue weighted by molar-refractivity contribution is 7.09. The van der Waals surface area contributed by atoms with E-state index in [1.165, 1.54) is 4.88 Å². The van der Waals surface area contributed by atoms with Crippen LogP contribution in [0.25, 0.3) is 0 Å². The predicted octanol–water partition coefficient (Wildman–Crippen LogP) is 2.57. The summed E-state index contributed by atoms with van der Waals surface area (Å²) in [5.74, 6) is -0.490. The smallest absolute Gasteiger partial charge is 0.282 e. The molecule has 1 heterocycles. The Bertz CT molecular complexity index is 1110. The van der Waals surface area contributed by atoms with Crippen molar-refractivity contribution in [3.05, 3.63) is 87.1 Å². The maximum absolute atomic E-state index is 12.8. The first kappa shape index (κ1) is 19.2. The van der Waals surface area contributed by atoms with Crippen molar-refractivity contribution in [3.63, 3.8) is 0 Å². The Morgan fingerprint density at radius 3 is 2.28 bits per heavy atom. The minimum Gasteiger partial charge on any atom is -0.323 e. The summed E-state index contributed by atoms with van der Waals surface area (Å²) in [6.07, 6.45) is 0. The lowest BCUT2D eigenvalue weighted by molar-refractivity contribution is -0.907. The van der Waals surface area contributed by atoms with E-state index in [4.69, 9.17) is 0 Å². The van der Waals surface area contributed by atoms with E-state index in [-0.39, 0.29) is 23.5 Å². The minimum absolute atomic E-state index is 0.131. The minimum atomic E-state index is -0.272. The van der Waals surface area contributed by atoms with Crippen LogP contribution in [0.3, 0.4) is 0 Å². The second kappa shape index (κ2) is 7.73. The van der Waals surface area contributed by atoms with Crippen LogP contribution in [0.1, 0.15) is 43.6 Å². The molecule has 2 atom stereocenters. The van der Waals surface area contributed by atoms with Crippen molar-refractivity contribution in [2.45, 2.75) is 19.5 Å². The lowest BCUT2D eigenvalue weighted by atomic mass is 9.84. The van der Waals surface area contributed by atoms with Gasteiger partial charge in [0.25, 0.3) is 5.91 Å². The van der Waals surface area contributed by atoms with Crippen molar-refractivity contribution in [1.29, 1.82) is 0 Å². The average molecular weight is 405 g/mol. The molecule has 0 bridgehead atoms. The third-order valence-corrected chi connectivity index (χ3v) is 6.23. The average Bonchev–Trinajstić information content (AvgIpc) is 3.24. The summed E-state index contributed by atoms with van der Waals surface area (Å²) in [6, 6.07) is 15.5. The molecule has 6 heteroatoms. The van der Waals surface area contributed by atoms with Gasteiger partial charge in [0, 0.05) is 27.9 Å². The van der Waals surface area contributed by atoms with Crippen LogP contribution in [-0.2, 0) is 11.3 Å². The molecule has 0 saturated carbocycles. The molecule has 0 saturated heterocycles. The standard InChI is InChI=1S/C23H20N2O3S/c1-14(25(2)13-16-6-5-11-29-16)23(28)24-15-9-10-19-20(12-15)22(27)18-8-4-3-7-17(18)21(19)26/h3-12,14H,13H2,1-2H3,(H,24,28)/p+1/t14-/m1/s1. The van der Waals surface area contributed by atoms with E-state index in [2.05, 4.69) is 11.4 Å². The number of anilines is 1. The first-order valence-corrected chi connectivity index (χ1v) is 10.3. The van der Waals surface area contributed by atoms with E-state index in [9.17, 15) is 14.4 Å². The first-order chi connectivity index (χ1) is 14.0. The molecule has 2 N–H and O–H groups in total. The predicted molar refractivity (Wildman–Crippen MR) is 113 cm³/mol. The lowest BCUT2D eigenvalue weighted by Gasteiger charge is -2.21. The number of fused-ring (bicyclic) bond motifs is 2. The second-order valence-corrected chi connectivity index (χ2v) is 8.31. The largest absolute Gasteiger partial charge is 0.323 e. The van der Waals surface area contributed by atoms with E-state index in [0.29, 0.717) is 27.9 Å². The molecule has 0 spiro atoms. The molecule has 1 aliphatic carbocycles. The van der Waals surface area contributed by atoms with Gasteiger partial charge in [0.05, 0.1) is 11.9 Å². The zero-order valence-electron chi connectivity index (χ0n) is 16.2. The molecule has 5 nitrogen and oxygen atoms in total. The molecular formula is C23H21N2O3S+. The van der Waals surface area contributed by atoms with Crippen molar-refractivity contribution in [1.82, 2.24) is 0 Å². The summed E-state index contributed by atoms with van der Waals surface area (Å²) in [5, 5.41) is 4.92. The van der Waals surface area contributed by atoms with Gasteiger partial charge in [0.15, 0.2) is 17.6 Å². The molecule has 3 aromatic rings. The normalized spacial score (nSPS) is 14.7. The molecule has 1 unspecified atom stereocenters. The number of hydrogen-bond donors (Lipinski definition) is 2. The van der Waals surface area contributed by atoms with E-state index in [1.54, 1.807) is 53.8 Å². The number of amides is 1. The quantitative estimate of drug-likeness (QED) is 0.536. The summed E-state index contributed by atoms with van der Waals surface area (Å²) >= 11 is 1.67. The SMILES string of the molecule is C[C@H](C(=O)Nc1ccc2c(c1)C(=O)c1ccccc1C2=O)[NH+](C)Cc1cccs1. The van der Waals surface area contributed by atoms with E-state index >= 15 is 0 Å². The number of thiophene rings is 1. The van der Waals surface area contributed by atoms with Crippen molar-refractivity contribution in [2.75, 3.05) is 12.4 Å². The summed E-state index contributed by atoms with van der Waals surface area (Å²) in [4.78, 5) is 40.5. The molecule has 0 radical (unpaired) electrons. The van der Waals surface area contributed by atoms with E-state index in [0.717, 1.165) is 11.4 Å². The van der Waals surface area contributed by atoms with Gasteiger partial charge < -0.3 is 10.2 Å². The van der Waals surface area contributed by atoms with Crippen molar-refractivity contribution >= 4 is 34.5 Å². The molecule has 1 aromatic heterocycles. The summed E-state index contributed by atoms with van der Waals surface area (Å²) in [6.45, 7) is 2.64. The molecular weight excluding hydrogens is 384 g/mol. The molecule has 0 fully saturated rings. The fourth-order valence-corrected chi connectivity index (χ4v) is 4.29. The van der Waals surface area contributed by atoms with Gasteiger partial charge >= 0.3 is 0 Å². The van der Waals surface area contributed by atoms with Gasteiger partial charge in [-0.1, -0.05) is 30.3 Å². The van der Waals surface area contributed by atoms with Crippen LogP contribution in [0.5, 0.6) is 0 Å². The number of rotatable bonds is 5. The van der Waals surface area contributed by atoms with Crippen LogP contribution in [-0.4, -0.2) is 30.6 Å². The summed E-state index contributed by atoms with van der Waals surface area (Å²) in [7, 11) is 1.98. The third kappa shape index (κ3) is 3.64. The number of hydrogen-bond acceptors (Lipinski definition) is 4. The van der Waals surface area contributed by atoms with Crippen LogP contribution in [0.15, 0.2) is 60.0 Å². The van der Waals surface area contributed by atoms with Gasteiger partial charge in [0.1, 0.15) is 6.54 Å². The Balaban J connectivity index is 1.52. The highest BCUT2D eigenvalue weighted by Gasteiger charge is 2.30. The topological polar surface area (TPSA) is 67.7 Å². The van der Waals surface area contributed by atoms with Crippen LogP contribution < -0.4 is 10.2 Å². The molecule has 2 aromatic carbocycles. The Hall–Kier alpha value is -3.09. The molecule has 1 aliphatic rings. The number of likely N-dealkylation sites (N-methyl/N-ethyl adjacent to an activating group) is 1. The van der Waals surface area contributed by atoms with Gasteiger partial charge in [0.2, 0.25) is 0 Å². The number of benzene rings is 2. The maximum Gasteiger partial charge on any atom is 0.282 e. The number of nitrogens with one attached hydrogen (secondary N) is 2. The zero-order chi connectivity index (χ0) is 20.5. The fourth-order valence-electron chi connectivity index (χ4n) is 3.49. The Morgan fingerprint density at radius 2 is 1.62 bits per heavy atom. The number of quaternary nitrogens is 1. The molecule has 1 amide bonds. The van der Waals surface area contributed by atoms with Gasteiger partial charge in [-0.15, -0.1) is 11.3 Å². The number of carbonyl (C=O) groups excluding carboxylic acids is 3. The number of ketones is 2. The highest BCUT2D eigenvalue weighted by Crippen LogP contribution is 2.29. The monoisotopic (exact) mass is 405 g/mol. The maximum atomic E-state index is 12.8. The number of carbonyl (C=O) groups is 3. The van der Waals surface area contributed by atoms with Crippen LogP contribution in [0.2, 0.25) is 0 Å². The van der Waals surface area contributed by atoms with Crippen LogP contribution in [0, 0.1) is 0 Å². The molecule has 0 aliphatic heterocycles. The zero-order valence-corrected chi connectivity index (χ0v) is 17.0. The van der Waals surface area contributed by atoms with Gasteiger partial charge in [-0.25, -0.2) is 0 Å². The van der Waals surface area contributed by atoms with Crippen LogP contribution >= 0.6 is 11.3 Å². The van der Waals surface area contributed by atoms with Crippen LogP contribution in [0.4, 0.5) is 5.69 Å². The summed E-state index contributed by atoms with van der Waals surface area (Å²) < 4.78 is 0. The van der Waals surface area contributed by atoms with Gasteiger partial charge in [-0.05, 0) is 36.6 Å². The van der Waals surface area contributed by atoms with Gasteiger partial charge in [-0.2, -0.15) is 0 Å². The summed E-state index contributed by atoms with van der Waals surface area (Å²) in [5.41, 5.74) is 2.06. The van der Waals surface area contributed by atoms with E-state index < -0.39 is 0 Å². The van der Waals surface area contributed by atoms with Gasteiger partial charge in [-0.3, -0.25) is 14.4 Å². The third-order valence-electron chi connectivity index (χ3n) is 5.36. The lowest BCUT2D eigenvalue weighted by Crippen LogP contribution is -3.12. The van der Waals surface area contributed by atoms with Crippen molar-refractivity contribution in [2.24, 2.45) is 0 Å². The Kier molecular flexibility index (Phi) is 5.13. The molecule has 29 heavy (non-hydrogen) atoms. The Morgan fingerprint density at radius 1 is 0.966 bits per heavy atom. The molecule has 146 valence electrons. The van der Waals surface area contributed by atoms with Crippen molar-refractivity contribution < 1.29 is 19.3 Å². The first-order valence-electron chi connectivity index (χ1n) is 9.43.